The quantitative estimate of drug-likeness (QED) is 0.504. The first-order chi connectivity index (χ1) is 4.63. The number of hydrogen-bond acceptors (Lipinski definition) is 1. The van der Waals surface area contributed by atoms with E-state index in [1.165, 1.54) is 0 Å². The molecule has 1 aliphatic heterocycles. The summed E-state index contributed by atoms with van der Waals surface area (Å²) >= 11 is 0. The van der Waals surface area contributed by atoms with Crippen molar-refractivity contribution >= 4 is 0 Å². The van der Waals surface area contributed by atoms with E-state index < -0.39 is 0 Å². The lowest BCUT2D eigenvalue weighted by Gasteiger charge is -2.36. The van der Waals surface area contributed by atoms with Gasteiger partial charge in [0.2, 0.25) is 0 Å². The molecule has 1 fully saturated rings. The van der Waals surface area contributed by atoms with Crippen LogP contribution < -0.4 is 0 Å². The third-order valence-electron chi connectivity index (χ3n) is 3.09. The third kappa shape index (κ3) is 1.34. The second-order valence-corrected chi connectivity index (χ2v) is 3.73. The van der Waals surface area contributed by atoms with Gasteiger partial charge in [-0.3, -0.25) is 0 Å². The van der Waals surface area contributed by atoms with Crippen molar-refractivity contribution in [2.45, 2.75) is 33.8 Å². The fourth-order valence-electron chi connectivity index (χ4n) is 1.55. The smallest absolute Gasteiger partial charge is 0.0575 e. The van der Waals surface area contributed by atoms with Gasteiger partial charge in [-0.05, 0) is 24.7 Å². The van der Waals surface area contributed by atoms with Crippen molar-refractivity contribution in [1.82, 2.24) is 0 Å². The molecule has 1 heterocycles. The van der Waals surface area contributed by atoms with E-state index in [9.17, 15) is 0 Å². The van der Waals surface area contributed by atoms with Crippen molar-refractivity contribution in [3.63, 3.8) is 0 Å². The van der Waals surface area contributed by atoms with Crippen molar-refractivity contribution in [3.05, 3.63) is 0 Å². The van der Waals surface area contributed by atoms with E-state index in [1.54, 1.807) is 0 Å². The zero-order chi connectivity index (χ0) is 7.72. The number of rotatable bonds is 0. The van der Waals surface area contributed by atoms with Gasteiger partial charge in [-0.1, -0.05) is 20.8 Å². The Kier molecular flexibility index (Phi) is 2.35. The van der Waals surface area contributed by atoms with Crippen molar-refractivity contribution in [1.29, 1.82) is 0 Å². The van der Waals surface area contributed by atoms with Crippen LogP contribution in [0.5, 0.6) is 0 Å². The molecule has 0 amide bonds. The van der Waals surface area contributed by atoms with Gasteiger partial charge in [0.1, 0.15) is 0 Å². The molecule has 10 heavy (non-hydrogen) atoms. The average molecular weight is 142 g/mol. The monoisotopic (exact) mass is 142 g/mol. The normalized spacial score (nSPS) is 49.2. The Morgan fingerprint density at radius 1 is 1.00 bits per heavy atom. The maximum atomic E-state index is 5.57. The molecule has 1 saturated heterocycles. The van der Waals surface area contributed by atoms with Crippen LogP contribution in [-0.2, 0) is 4.74 Å². The predicted molar refractivity (Wildman–Crippen MR) is 42.9 cm³/mol. The largest absolute Gasteiger partial charge is 0.378 e. The molecule has 1 aliphatic rings. The van der Waals surface area contributed by atoms with Crippen LogP contribution in [0.1, 0.15) is 27.7 Å². The highest BCUT2D eigenvalue weighted by atomic mass is 16.5. The minimum Gasteiger partial charge on any atom is -0.378 e. The highest BCUT2D eigenvalue weighted by Gasteiger charge is 2.29. The highest BCUT2D eigenvalue weighted by molar-refractivity contribution is 4.77. The molecule has 0 aliphatic carbocycles. The molecule has 0 aromatic carbocycles. The summed E-state index contributed by atoms with van der Waals surface area (Å²) in [6.45, 7) is 10.0. The van der Waals surface area contributed by atoms with Crippen LogP contribution in [0, 0.1) is 17.8 Å². The molecule has 0 N–H and O–H groups in total. The highest BCUT2D eigenvalue weighted by Crippen LogP contribution is 2.29. The minimum absolute atomic E-state index is 0.464. The summed E-state index contributed by atoms with van der Waals surface area (Å²) in [5, 5.41) is 0. The average Bonchev–Trinajstić information content (AvgIpc) is 1.93. The van der Waals surface area contributed by atoms with Crippen LogP contribution in [0.15, 0.2) is 0 Å². The van der Waals surface area contributed by atoms with Gasteiger partial charge in [0.05, 0.1) is 6.10 Å². The molecule has 1 nitrogen and oxygen atoms in total. The van der Waals surface area contributed by atoms with E-state index in [2.05, 4.69) is 27.7 Å². The van der Waals surface area contributed by atoms with Crippen LogP contribution in [-0.4, -0.2) is 12.7 Å². The van der Waals surface area contributed by atoms with Crippen molar-refractivity contribution < 1.29 is 4.74 Å². The van der Waals surface area contributed by atoms with E-state index in [-0.39, 0.29) is 0 Å². The summed E-state index contributed by atoms with van der Waals surface area (Å²) in [7, 11) is 0. The van der Waals surface area contributed by atoms with Gasteiger partial charge >= 0.3 is 0 Å². The molecule has 0 aromatic rings. The molecule has 1 rings (SSSR count). The van der Waals surface area contributed by atoms with Crippen molar-refractivity contribution in [2.75, 3.05) is 6.61 Å². The van der Waals surface area contributed by atoms with E-state index in [0.717, 1.165) is 24.4 Å². The first-order valence-electron chi connectivity index (χ1n) is 4.24. The lowest BCUT2D eigenvalue weighted by Crippen LogP contribution is -2.36. The Bertz CT molecular complexity index is 97.3. The van der Waals surface area contributed by atoms with E-state index in [1.807, 2.05) is 0 Å². The maximum Gasteiger partial charge on any atom is 0.0575 e. The van der Waals surface area contributed by atoms with E-state index in [4.69, 9.17) is 4.74 Å². The Labute approximate surface area is 63.8 Å². The minimum atomic E-state index is 0.464. The summed E-state index contributed by atoms with van der Waals surface area (Å²) in [6.07, 6.45) is 0.464. The molecule has 1 heteroatoms. The maximum absolute atomic E-state index is 5.57. The van der Waals surface area contributed by atoms with Crippen LogP contribution in [0.3, 0.4) is 0 Å². The van der Waals surface area contributed by atoms with Gasteiger partial charge in [0.15, 0.2) is 0 Å². The lowest BCUT2D eigenvalue weighted by molar-refractivity contribution is -0.0661. The van der Waals surface area contributed by atoms with Gasteiger partial charge < -0.3 is 4.74 Å². The Morgan fingerprint density at radius 3 is 2.10 bits per heavy atom. The molecular weight excluding hydrogens is 124 g/mol. The molecule has 0 aromatic heterocycles. The lowest BCUT2D eigenvalue weighted by atomic mass is 9.80. The topological polar surface area (TPSA) is 9.23 Å². The fraction of sp³-hybridized carbons (Fsp3) is 1.00. The second-order valence-electron chi connectivity index (χ2n) is 3.73. The number of hydrogen-bond donors (Lipinski definition) is 0. The summed E-state index contributed by atoms with van der Waals surface area (Å²) in [5.41, 5.74) is 0. The van der Waals surface area contributed by atoms with Gasteiger partial charge in [0, 0.05) is 6.61 Å². The summed E-state index contributed by atoms with van der Waals surface area (Å²) in [4.78, 5) is 0. The molecule has 4 atom stereocenters. The van der Waals surface area contributed by atoms with Crippen LogP contribution in [0.2, 0.25) is 0 Å². The summed E-state index contributed by atoms with van der Waals surface area (Å²) in [5.74, 6) is 2.29. The van der Waals surface area contributed by atoms with Crippen molar-refractivity contribution in [3.8, 4) is 0 Å². The van der Waals surface area contributed by atoms with Gasteiger partial charge in [-0.15, -0.1) is 0 Å². The van der Waals surface area contributed by atoms with E-state index >= 15 is 0 Å². The summed E-state index contributed by atoms with van der Waals surface area (Å²) < 4.78 is 5.57. The second kappa shape index (κ2) is 2.91. The van der Waals surface area contributed by atoms with Crippen LogP contribution in [0.25, 0.3) is 0 Å². The van der Waals surface area contributed by atoms with Gasteiger partial charge in [0.25, 0.3) is 0 Å². The van der Waals surface area contributed by atoms with E-state index in [0.29, 0.717) is 6.10 Å². The fourth-order valence-corrected chi connectivity index (χ4v) is 1.55. The molecule has 0 saturated carbocycles. The Morgan fingerprint density at radius 2 is 1.60 bits per heavy atom. The molecule has 1 unspecified atom stereocenters. The van der Waals surface area contributed by atoms with Crippen LogP contribution >= 0.6 is 0 Å². The first-order valence-corrected chi connectivity index (χ1v) is 4.24. The predicted octanol–water partition coefficient (Wildman–Crippen LogP) is 2.31. The molecule has 0 radical (unpaired) electrons. The standard InChI is InChI=1S/C9H18O/c1-6-5-10-9(4)8(3)7(6)2/h6-9H,5H2,1-4H3/t6-,7+,8-,9?/m1/s1. The Balaban J connectivity index is 2.52. The zero-order valence-corrected chi connectivity index (χ0v) is 7.42. The molecule has 0 spiro atoms. The molecule has 0 bridgehead atoms. The van der Waals surface area contributed by atoms with Crippen LogP contribution in [0.4, 0.5) is 0 Å². The number of ether oxygens (including phenoxy) is 1. The Hall–Kier alpha value is -0.0400. The van der Waals surface area contributed by atoms with Gasteiger partial charge in [-0.25, -0.2) is 0 Å². The van der Waals surface area contributed by atoms with Gasteiger partial charge in [-0.2, -0.15) is 0 Å². The SMILES string of the molecule is CC1OC[C@@H](C)[C@H](C)[C@H]1C. The first kappa shape index (κ1) is 8.06. The summed E-state index contributed by atoms with van der Waals surface area (Å²) in [6, 6.07) is 0. The zero-order valence-electron chi connectivity index (χ0n) is 7.42. The van der Waals surface area contributed by atoms with Crippen molar-refractivity contribution in [2.24, 2.45) is 17.8 Å². The third-order valence-corrected chi connectivity index (χ3v) is 3.09. The molecule has 60 valence electrons. The molecular formula is C9H18O.